The monoisotopic (exact) mass is 341 g/mol. The van der Waals surface area contributed by atoms with Crippen molar-refractivity contribution in [1.29, 1.82) is 0 Å². The minimum atomic E-state index is -3.59. The number of hydrogen-bond acceptors (Lipinski definition) is 5. The lowest BCUT2D eigenvalue weighted by molar-refractivity contribution is 0.0521. The lowest BCUT2D eigenvalue weighted by Crippen LogP contribution is -2.35. The first-order valence-corrected chi connectivity index (χ1v) is 9.38. The summed E-state index contributed by atoms with van der Waals surface area (Å²) in [5.41, 5.74) is 0.145. The molecular formula is C16H23NO5S. The summed E-state index contributed by atoms with van der Waals surface area (Å²) in [6, 6.07) is 4.36. The van der Waals surface area contributed by atoms with Gasteiger partial charge in [-0.05, 0) is 44.9 Å². The highest BCUT2D eigenvalue weighted by molar-refractivity contribution is 7.89. The van der Waals surface area contributed by atoms with Gasteiger partial charge in [-0.1, -0.05) is 6.42 Å². The first kappa shape index (κ1) is 17.7. The largest absolute Gasteiger partial charge is 0.493 e. The zero-order valence-electron chi connectivity index (χ0n) is 13.6. The number of ether oxygens (including phenoxy) is 2. The van der Waals surface area contributed by atoms with E-state index in [2.05, 4.69) is 0 Å². The van der Waals surface area contributed by atoms with Crippen LogP contribution in [0.1, 0.15) is 43.5 Å². The smallest absolute Gasteiger partial charge is 0.341 e. The van der Waals surface area contributed by atoms with E-state index in [9.17, 15) is 13.2 Å². The van der Waals surface area contributed by atoms with E-state index in [1.54, 1.807) is 13.8 Å². The summed E-state index contributed by atoms with van der Waals surface area (Å²) in [6.07, 6.45) is 2.77. The normalized spacial score (nSPS) is 16.1. The van der Waals surface area contributed by atoms with Crippen molar-refractivity contribution in [3.8, 4) is 5.75 Å². The quantitative estimate of drug-likeness (QED) is 0.743. The van der Waals surface area contributed by atoms with Gasteiger partial charge in [0.25, 0.3) is 0 Å². The van der Waals surface area contributed by atoms with E-state index in [0.29, 0.717) is 25.4 Å². The molecule has 0 aromatic heterocycles. The molecule has 0 N–H and O–H groups in total. The highest BCUT2D eigenvalue weighted by atomic mass is 32.2. The number of nitrogens with zero attached hydrogens (tertiary/aromatic N) is 1. The van der Waals surface area contributed by atoms with Crippen LogP contribution in [0.25, 0.3) is 0 Å². The van der Waals surface area contributed by atoms with Gasteiger partial charge in [0.1, 0.15) is 11.3 Å². The maximum Gasteiger partial charge on any atom is 0.341 e. The van der Waals surface area contributed by atoms with Gasteiger partial charge in [0, 0.05) is 13.1 Å². The van der Waals surface area contributed by atoms with E-state index >= 15 is 0 Å². The molecule has 1 aromatic rings. The van der Waals surface area contributed by atoms with Crippen LogP contribution in [0.2, 0.25) is 0 Å². The summed E-state index contributed by atoms with van der Waals surface area (Å²) >= 11 is 0. The topological polar surface area (TPSA) is 72.9 Å². The van der Waals surface area contributed by atoms with Gasteiger partial charge in [-0.2, -0.15) is 4.31 Å². The van der Waals surface area contributed by atoms with Crippen LogP contribution in [-0.4, -0.2) is 45.0 Å². The van der Waals surface area contributed by atoms with Crippen molar-refractivity contribution in [3.63, 3.8) is 0 Å². The molecule has 0 saturated carbocycles. The van der Waals surface area contributed by atoms with Crippen LogP contribution in [0.5, 0.6) is 5.75 Å². The third kappa shape index (κ3) is 4.03. The predicted octanol–water partition coefficient (Wildman–Crippen LogP) is 2.44. The van der Waals surface area contributed by atoms with E-state index in [4.69, 9.17) is 9.47 Å². The number of rotatable bonds is 6. The van der Waals surface area contributed by atoms with Gasteiger partial charge in [-0.25, -0.2) is 13.2 Å². The molecule has 0 amide bonds. The van der Waals surface area contributed by atoms with Crippen LogP contribution in [0, 0.1) is 0 Å². The third-order valence-corrected chi connectivity index (χ3v) is 5.59. The highest BCUT2D eigenvalue weighted by Gasteiger charge is 2.27. The van der Waals surface area contributed by atoms with Gasteiger partial charge in [0.2, 0.25) is 10.0 Å². The molecule has 1 heterocycles. The average Bonchev–Trinajstić information content (AvgIpc) is 2.56. The molecule has 1 aliphatic heterocycles. The SMILES string of the molecule is CCOC(=O)c1cc(S(=O)(=O)N2CCCCC2)ccc1OCC. The molecule has 0 unspecified atom stereocenters. The highest BCUT2D eigenvalue weighted by Crippen LogP contribution is 2.27. The molecular weight excluding hydrogens is 318 g/mol. The van der Waals surface area contributed by atoms with Gasteiger partial charge in [-0.15, -0.1) is 0 Å². The van der Waals surface area contributed by atoms with Crippen LogP contribution in [0.4, 0.5) is 0 Å². The molecule has 0 bridgehead atoms. The van der Waals surface area contributed by atoms with Crippen LogP contribution >= 0.6 is 0 Å². The standard InChI is InChI=1S/C16H23NO5S/c1-3-21-15-9-8-13(12-14(15)16(18)22-4-2)23(19,20)17-10-6-5-7-11-17/h8-9,12H,3-7,10-11H2,1-2H3. The number of piperidine rings is 1. The van der Waals surface area contributed by atoms with Crippen molar-refractivity contribution in [2.45, 2.75) is 38.0 Å². The fraction of sp³-hybridized carbons (Fsp3) is 0.562. The molecule has 1 aromatic carbocycles. The second-order valence-corrected chi connectivity index (χ2v) is 7.21. The molecule has 0 spiro atoms. The summed E-state index contributed by atoms with van der Waals surface area (Å²) < 4.78 is 37.3. The van der Waals surface area contributed by atoms with Crippen molar-refractivity contribution in [1.82, 2.24) is 4.31 Å². The van der Waals surface area contributed by atoms with Gasteiger partial charge < -0.3 is 9.47 Å². The minimum Gasteiger partial charge on any atom is -0.493 e. The molecule has 23 heavy (non-hydrogen) atoms. The van der Waals surface area contributed by atoms with E-state index in [1.165, 1.54) is 22.5 Å². The fourth-order valence-electron chi connectivity index (χ4n) is 2.57. The Morgan fingerprint density at radius 1 is 1.13 bits per heavy atom. The number of benzene rings is 1. The Kier molecular flexibility index (Phi) is 6.01. The molecule has 1 aliphatic rings. The van der Waals surface area contributed by atoms with Crippen LogP contribution in [0.15, 0.2) is 23.1 Å². The zero-order valence-corrected chi connectivity index (χ0v) is 14.4. The lowest BCUT2D eigenvalue weighted by atomic mass is 10.2. The number of esters is 1. The number of sulfonamides is 1. The Hall–Kier alpha value is -1.60. The first-order chi connectivity index (χ1) is 11.0. The first-order valence-electron chi connectivity index (χ1n) is 7.94. The third-order valence-electron chi connectivity index (χ3n) is 3.70. The van der Waals surface area contributed by atoms with E-state index in [1.807, 2.05) is 0 Å². The van der Waals surface area contributed by atoms with Gasteiger partial charge in [0.15, 0.2) is 0 Å². The van der Waals surface area contributed by atoms with E-state index in [-0.39, 0.29) is 17.1 Å². The minimum absolute atomic E-state index is 0.103. The maximum absolute atomic E-state index is 12.7. The Balaban J connectivity index is 2.39. The fourth-order valence-corrected chi connectivity index (χ4v) is 4.12. The Labute approximate surface area is 137 Å². The van der Waals surface area contributed by atoms with E-state index < -0.39 is 16.0 Å². The average molecular weight is 341 g/mol. The van der Waals surface area contributed by atoms with Gasteiger partial charge in [-0.3, -0.25) is 0 Å². The van der Waals surface area contributed by atoms with Crippen molar-refractivity contribution >= 4 is 16.0 Å². The summed E-state index contributed by atoms with van der Waals surface area (Å²) in [4.78, 5) is 12.2. The number of hydrogen-bond donors (Lipinski definition) is 0. The second kappa shape index (κ2) is 7.79. The van der Waals surface area contributed by atoms with E-state index in [0.717, 1.165) is 19.3 Å². The predicted molar refractivity (Wildman–Crippen MR) is 86.2 cm³/mol. The Morgan fingerprint density at radius 2 is 1.83 bits per heavy atom. The van der Waals surface area contributed by atoms with Crippen LogP contribution in [0.3, 0.4) is 0 Å². The summed E-state index contributed by atoms with van der Waals surface area (Å²) in [6.45, 7) is 5.13. The summed E-state index contributed by atoms with van der Waals surface area (Å²) in [5, 5.41) is 0. The zero-order chi connectivity index (χ0) is 16.9. The molecule has 2 rings (SSSR count). The summed E-state index contributed by atoms with van der Waals surface area (Å²) in [5.74, 6) is -0.241. The molecule has 128 valence electrons. The van der Waals surface area contributed by atoms with Crippen LogP contribution in [-0.2, 0) is 14.8 Å². The number of carbonyl (C=O) groups excluding carboxylic acids is 1. The maximum atomic E-state index is 12.7. The van der Waals surface area contributed by atoms with Crippen molar-refractivity contribution in [3.05, 3.63) is 23.8 Å². The summed E-state index contributed by atoms with van der Waals surface area (Å²) in [7, 11) is -3.59. The molecule has 1 saturated heterocycles. The van der Waals surface area contributed by atoms with Crippen LogP contribution < -0.4 is 4.74 Å². The lowest BCUT2D eigenvalue weighted by Gasteiger charge is -2.26. The molecule has 0 aliphatic carbocycles. The van der Waals surface area contributed by atoms with Crippen molar-refractivity contribution in [2.75, 3.05) is 26.3 Å². The molecule has 0 atom stereocenters. The molecule has 0 radical (unpaired) electrons. The molecule has 6 nitrogen and oxygen atoms in total. The Bertz CT molecular complexity index is 650. The Morgan fingerprint density at radius 3 is 2.43 bits per heavy atom. The number of carbonyl (C=O) groups is 1. The van der Waals surface area contributed by atoms with Crippen molar-refractivity contribution in [2.24, 2.45) is 0 Å². The van der Waals surface area contributed by atoms with Crippen molar-refractivity contribution < 1.29 is 22.7 Å². The molecule has 7 heteroatoms. The van der Waals surface area contributed by atoms with Gasteiger partial charge in [0.05, 0.1) is 18.1 Å². The second-order valence-electron chi connectivity index (χ2n) is 5.28. The molecule has 1 fully saturated rings. The van der Waals surface area contributed by atoms with Gasteiger partial charge >= 0.3 is 5.97 Å².